The number of fused-ring (bicyclic) bond motifs is 1. The summed E-state index contributed by atoms with van der Waals surface area (Å²) in [7, 11) is 0. The number of rotatable bonds is 3. The van der Waals surface area contributed by atoms with Gasteiger partial charge in [0.15, 0.2) is 0 Å². The fourth-order valence-electron chi connectivity index (χ4n) is 2.87. The minimum atomic E-state index is 0.191. The highest BCUT2D eigenvalue weighted by atomic mass is 16.3. The van der Waals surface area contributed by atoms with Gasteiger partial charge in [0.05, 0.1) is 0 Å². The van der Waals surface area contributed by atoms with Crippen LogP contribution in [-0.4, -0.2) is 16.7 Å². The zero-order valence-corrected chi connectivity index (χ0v) is 9.37. The second-order valence-electron chi connectivity index (χ2n) is 4.46. The van der Waals surface area contributed by atoms with Crippen molar-refractivity contribution in [3.63, 3.8) is 0 Å². The van der Waals surface area contributed by atoms with Gasteiger partial charge in [0.25, 0.3) is 0 Å². The van der Waals surface area contributed by atoms with Crippen molar-refractivity contribution in [3.8, 4) is 0 Å². The van der Waals surface area contributed by atoms with Gasteiger partial charge in [0.2, 0.25) is 0 Å². The Morgan fingerprint density at radius 1 is 1.53 bits per heavy atom. The van der Waals surface area contributed by atoms with Gasteiger partial charge in [-0.25, -0.2) is 0 Å². The van der Waals surface area contributed by atoms with Crippen LogP contribution < -0.4 is 0 Å². The Morgan fingerprint density at radius 3 is 3.13 bits per heavy atom. The number of nitrogens with zero attached hydrogens (tertiary/aromatic N) is 1. The van der Waals surface area contributed by atoms with Crippen molar-refractivity contribution >= 4 is 0 Å². The van der Waals surface area contributed by atoms with Crippen LogP contribution >= 0.6 is 0 Å². The zero-order valence-electron chi connectivity index (χ0n) is 9.37. The SMILES string of the molecule is CCC1(CCO)CCCc2ncccc21. The lowest BCUT2D eigenvalue weighted by Gasteiger charge is -2.37. The number of hydrogen-bond donors (Lipinski definition) is 1. The third-order valence-corrected chi connectivity index (χ3v) is 3.80. The second-order valence-corrected chi connectivity index (χ2v) is 4.46. The average molecular weight is 205 g/mol. The summed E-state index contributed by atoms with van der Waals surface area (Å²) in [5, 5.41) is 9.22. The number of aromatic nitrogens is 1. The van der Waals surface area contributed by atoms with Crippen LogP contribution in [-0.2, 0) is 11.8 Å². The third-order valence-electron chi connectivity index (χ3n) is 3.80. The first kappa shape index (κ1) is 10.6. The molecule has 0 fully saturated rings. The molecule has 15 heavy (non-hydrogen) atoms. The van der Waals surface area contributed by atoms with E-state index < -0.39 is 0 Å². The molecule has 0 aliphatic heterocycles. The molecule has 0 saturated heterocycles. The van der Waals surface area contributed by atoms with E-state index in [0.29, 0.717) is 0 Å². The van der Waals surface area contributed by atoms with E-state index >= 15 is 0 Å². The van der Waals surface area contributed by atoms with E-state index in [1.165, 1.54) is 24.1 Å². The highest BCUT2D eigenvalue weighted by Gasteiger charge is 2.34. The van der Waals surface area contributed by atoms with Crippen LogP contribution in [0.1, 0.15) is 43.9 Å². The molecule has 0 aromatic carbocycles. The topological polar surface area (TPSA) is 33.1 Å². The van der Waals surface area contributed by atoms with Crippen molar-refractivity contribution in [3.05, 3.63) is 29.6 Å². The van der Waals surface area contributed by atoms with Gasteiger partial charge in [0, 0.05) is 18.5 Å². The summed E-state index contributed by atoms with van der Waals surface area (Å²) in [6, 6.07) is 4.21. The number of aliphatic hydroxyl groups is 1. The van der Waals surface area contributed by atoms with Crippen molar-refractivity contribution < 1.29 is 5.11 Å². The van der Waals surface area contributed by atoms with E-state index in [1.54, 1.807) is 0 Å². The summed E-state index contributed by atoms with van der Waals surface area (Å²) in [5.41, 5.74) is 2.82. The summed E-state index contributed by atoms with van der Waals surface area (Å²) >= 11 is 0. The van der Waals surface area contributed by atoms with Gasteiger partial charge in [0.1, 0.15) is 0 Å². The van der Waals surface area contributed by atoms with Crippen LogP contribution in [0.2, 0.25) is 0 Å². The molecule has 0 bridgehead atoms. The summed E-state index contributed by atoms with van der Waals surface area (Å²) in [6.07, 6.45) is 7.36. The Kier molecular flexibility index (Phi) is 3.06. The minimum Gasteiger partial charge on any atom is -0.396 e. The van der Waals surface area contributed by atoms with Crippen molar-refractivity contribution in [1.82, 2.24) is 4.98 Å². The molecule has 2 rings (SSSR count). The maximum absolute atomic E-state index is 9.22. The Hall–Kier alpha value is -0.890. The molecule has 2 heteroatoms. The van der Waals surface area contributed by atoms with Crippen LogP contribution in [0.25, 0.3) is 0 Å². The second kappa shape index (κ2) is 4.31. The first-order valence-corrected chi connectivity index (χ1v) is 5.87. The van der Waals surface area contributed by atoms with E-state index in [4.69, 9.17) is 0 Å². The highest BCUT2D eigenvalue weighted by molar-refractivity contribution is 5.31. The predicted octanol–water partition coefficient (Wildman–Crippen LogP) is 2.45. The van der Waals surface area contributed by atoms with Gasteiger partial charge < -0.3 is 5.11 Å². The average Bonchev–Trinajstić information content (AvgIpc) is 2.30. The van der Waals surface area contributed by atoms with E-state index in [1.807, 2.05) is 12.3 Å². The summed E-state index contributed by atoms with van der Waals surface area (Å²) < 4.78 is 0. The molecule has 1 aliphatic carbocycles. The molecule has 0 radical (unpaired) electrons. The molecule has 1 heterocycles. The lowest BCUT2D eigenvalue weighted by molar-refractivity contribution is 0.215. The molecule has 0 spiro atoms. The van der Waals surface area contributed by atoms with Gasteiger partial charge in [-0.05, 0) is 49.1 Å². The van der Waals surface area contributed by atoms with Crippen molar-refractivity contribution in [2.75, 3.05) is 6.61 Å². The Labute approximate surface area is 91.4 Å². The molecule has 1 aromatic rings. The molecular weight excluding hydrogens is 186 g/mol. The standard InChI is InChI=1S/C13H19NO/c1-2-13(8-10-15)7-3-6-12-11(13)5-4-9-14-12/h4-5,9,15H,2-3,6-8,10H2,1H3. The van der Waals surface area contributed by atoms with Gasteiger partial charge >= 0.3 is 0 Å². The third kappa shape index (κ3) is 1.78. The van der Waals surface area contributed by atoms with Crippen molar-refractivity contribution in [2.24, 2.45) is 0 Å². The zero-order chi connectivity index (χ0) is 10.7. The molecule has 0 saturated carbocycles. The fourth-order valence-corrected chi connectivity index (χ4v) is 2.87. The van der Waals surface area contributed by atoms with E-state index in [0.717, 1.165) is 19.3 Å². The van der Waals surface area contributed by atoms with Gasteiger partial charge in [-0.2, -0.15) is 0 Å². The van der Waals surface area contributed by atoms with E-state index in [9.17, 15) is 5.11 Å². The van der Waals surface area contributed by atoms with Crippen molar-refractivity contribution in [1.29, 1.82) is 0 Å². The molecule has 1 atom stereocenters. The Balaban J connectivity index is 2.42. The quantitative estimate of drug-likeness (QED) is 0.822. The van der Waals surface area contributed by atoms with E-state index in [2.05, 4.69) is 18.0 Å². The van der Waals surface area contributed by atoms with Gasteiger partial charge in [-0.3, -0.25) is 4.98 Å². The lowest BCUT2D eigenvalue weighted by atomic mass is 9.68. The number of aryl methyl sites for hydroxylation is 1. The predicted molar refractivity (Wildman–Crippen MR) is 60.8 cm³/mol. The maximum atomic E-state index is 9.22. The number of aliphatic hydroxyl groups excluding tert-OH is 1. The van der Waals surface area contributed by atoms with Crippen LogP contribution in [0, 0.1) is 0 Å². The Bertz CT molecular complexity index is 337. The monoisotopic (exact) mass is 205 g/mol. The first-order valence-electron chi connectivity index (χ1n) is 5.87. The van der Waals surface area contributed by atoms with Crippen LogP contribution in [0.4, 0.5) is 0 Å². The van der Waals surface area contributed by atoms with E-state index in [-0.39, 0.29) is 12.0 Å². The molecule has 1 unspecified atom stereocenters. The fraction of sp³-hybridized carbons (Fsp3) is 0.615. The van der Waals surface area contributed by atoms with Crippen LogP contribution in [0.5, 0.6) is 0 Å². The molecular formula is C13H19NO. The summed E-state index contributed by atoms with van der Waals surface area (Å²) in [5.74, 6) is 0. The van der Waals surface area contributed by atoms with Crippen molar-refractivity contribution in [2.45, 2.75) is 44.4 Å². The lowest BCUT2D eigenvalue weighted by Crippen LogP contribution is -2.31. The van der Waals surface area contributed by atoms with Gasteiger partial charge in [-0.1, -0.05) is 13.0 Å². The van der Waals surface area contributed by atoms with Crippen LogP contribution in [0.15, 0.2) is 18.3 Å². The minimum absolute atomic E-state index is 0.191. The number of hydrogen-bond acceptors (Lipinski definition) is 2. The smallest absolute Gasteiger partial charge is 0.0441 e. The summed E-state index contributed by atoms with van der Waals surface area (Å²) in [6.45, 7) is 2.50. The maximum Gasteiger partial charge on any atom is 0.0441 e. The molecule has 82 valence electrons. The molecule has 1 N–H and O–H groups in total. The molecule has 1 aliphatic rings. The normalized spacial score (nSPS) is 24.9. The van der Waals surface area contributed by atoms with Crippen LogP contribution in [0.3, 0.4) is 0 Å². The molecule has 2 nitrogen and oxygen atoms in total. The largest absolute Gasteiger partial charge is 0.396 e. The molecule has 1 aromatic heterocycles. The van der Waals surface area contributed by atoms with Gasteiger partial charge in [-0.15, -0.1) is 0 Å². The highest BCUT2D eigenvalue weighted by Crippen LogP contribution is 2.41. The summed E-state index contributed by atoms with van der Waals surface area (Å²) in [4.78, 5) is 4.46. The Morgan fingerprint density at radius 2 is 2.40 bits per heavy atom. The number of pyridine rings is 1. The molecule has 0 amide bonds. The first-order chi connectivity index (χ1) is 7.32.